The second-order valence-electron chi connectivity index (χ2n) is 7.65. The van der Waals surface area contributed by atoms with Crippen LogP contribution in [-0.4, -0.2) is 40.9 Å². The van der Waals surface area contributed by atoms with E-state index in [1.807, 2.05) is 32.9 Å². The molecule has 0 heterocycles. The Balaban J connectivity index is 1.75. The molecule has 0 bridgehead atoms. The van der Waals surface area contributed by atoms with Gasteiger partial charge < -0.3 is 25.4 Å². The molecule has 0 radical (unpaired) electrons. The van der Waals surface area contributed by atoms with Crippen molar-refractivity contribution in [1.82, 2.24) is 10.6 Å². The van der Waals surface area contributed by atoms with Crippen LogP contribution in [-0.2, 0) is 11.3 Å². The molecule has 1 aromatic carbocycles. The smallest absolute Gasteiger partial charge is 0.444 e. The van der Waals surface area contributed by atoms with E-state index >= 15 is 0 Å². The highest BCUT2D eigenvalue weighted by Gasteiger charge is 2.25. The van der Waals surface area contributed by atoms with Gasteiger partial charge in [-0.15, -0.1) is 0 Å². The van der Waals surface area contributed by atoms with Gasteiger partial charge in [0.1, 0.15) is 5.60 Å². The average molecular weight is 348 g/mol. The first-order valence-electron chi connectivity index (χ1n) is 8.91. The van der Waals surface area contributed by atoms with Crippen LogP contribution in [0, 0.1) is 0 Å². The van der Waals surface area contributed by atoms with Gasteiger partial charge >= 0.3 is 13.2 Å². The summed E-state index contributed by atoms with van der Waals surface area (Å²) in [5, 5.41) is 25.3. The molecular weight excluding hydrogens is 319 g/mol. The molecule has 6 nitrogen and oxygen atoms in total. The first-order valence-corrected chi connectivity index (χ1v) is 8.91. The summed E-state index contributed by atoms with van der Waals surface area (Å²) in [6.07, 6.45) is 3.38. The number of carbonyl (C=O) groups is 1. The first-order chi connectivity index (χ1) is 11.7. The number of ether oxygens (including phenoxy) is 1. The molecule has 0 aromatic heterocycles. The van der Waals surface area contributed by atoms with Crippen LogP contribution in [0.2, 0.25) is 0 Å². The number of amides is 1. The molecule has 25 heavy (non-hydrogen) atoms. The summed E-state index contributed by atoms with van der Waals surface area (Å²) in [7, 11) is -1.45. The number of rotatable bonds is 5. The minimum absolute atomic E-state index is 0.152. The summed E-state index contributed by atoms with van der Waals surface area (Å²) >= 11 is 0. The number of hydrogen-bond donors (Lipinski definition) is 4. The molecule has 0 unspecified atom stereocenters. The Bertz CT molecular complexity index is 566. The number of carbonyl (C=O) groups excluding carboxylic acids is 1. The summed E-state index contributed by atoms with van der Waals surface area (Å²) in [4.78, 5) is 11.8. The van der Waals surface area contributed by atoms with Crippen molar-refractivity contribution in [2.24, 2.45) is 0 Å². The quantitative estimate of drug-likeness (QED) is 0.602. The van der Waals surface area contributed by atoms with Gasteiger partial charge in [0.15, 0.2) is 0 Å². The van der Waals surface area contributed by atoms with Crippen LogP contribution in [0.1, 0.15) is 52.0 Å². The minimum atomic E-state index is -1.45. The van der Waals surface area contributed by atoms with Crippen LogP contribution in [0.4, 0.5) is 4.79 Å². The zero-order valence-corrected chi connectivity index (χ0v) is 15.3. The van der Waals surface area contributed by atoms with Crippen LogP contribution in [0.5, 0.6) is 0 Å². The van der Waals surface area contributed by atoms with Gasteiger partial charge in [0.05, 0.1) is 0 Å². The van der Waals surface area contributed by atoms with Crippen LogP contribution >= 0.6 is 0 Å². The van der Waals surface area contributed by atoms with Crippen molar-refractivity contribution < 1.29 is 19.6 Å². The molecular formula is C18H29BN2O4. The van der Waals surface area contributed by atoms with Crippen LogP contribution in [0.3, 0.4) is 0 Å². The van der Waals surface area contributed by atoms with Crippen molar-refractivity contribution in [3.05, 3.63) is 29.8 Å². The number of benzene rings is 1. The molecule has 0 aliphatic heterocycles. The van der Waals surface area contributed by atoms with Crippen LogP contribution < -0.4 is 16.1 Å². The molecule has 0 saturated heterocycles. The van der Waals surface area contributed by atoms with E-state index in [0.717, 1.165) is 31.2 Å². The van der Waals surface area contributed by atoms with Gasteiger partial charge in [0.2, 0.25) is 0 Å². The van der Waals surface area contributed by atoms with Crippen molar-refractivity contribution >= 4 is 18.7 Å². The van der Waals surface area contributed by atoms with Crippen molar-refractivity contribution in [3.63, 3.8) is 0 Å². The fourth-order valence-corrected chi connectivity index (χ4v) is 3.12. The van der Waals surface area contributed by atoms with E-state index in [9.17, 15) is 14.8 Å². The number of alkyl carbamates (subject to hydrolysis) is 1. The van der Waals surface area contributed by atoms with Crippen LogP contribution in [0.15, 0.2) is 24.3 Å². The van der Waals surface area contributed by atoms with Gasteiger partial charge in [0.25, 0.3) is 0 Å². The molecule has 1 fully saturated rings. The fourth-order valence-electron chi connectivity index (χ4n) is 3.12. The third-order valence-electron chi connectivity index (χ3n) is 4.36. The van der Waals surface area contributed by atoms with Gasteiger partial charge in [-0.3, -0.25) is 0 Å². The molecule has 1 aromatic rings. The Kier molecular flexibility index (Phi) is 6.87. The lowest BCUT2D eigenvalue weighted by molar-refractivity contribution is 0.0489. The zero-order chi connectivity index (χ0) is 18.4. The SMILES string of the molecule is CC(C)(C)OC(=O)NC1CCC(NCc2ccccc2B(O)O)CC1. The Morgan fingerprint density at radius 2 is 1.76 bits per heavy atom. The third-order valence-corrected chi connectivity index (χ3v) is 4.36. The molecule has 1 amide bonds. The van der Waals surface area contributed by atoms with Crippen molar-refractivity contribution in [2.45, 2.75) is 70.7 Å². The topological polar surface area (TPSA) is 90.8 Å². The maximum Gasteiger partial charge on any atom is 0.488 e. The van der Waals surface area contributed by atoms with Crippen molar-refractivity contribution in [2.75, 3.05) is 0 Å². The maximum atomic E-state index is 11.8. The van der Waals surface area contributed by atoms with E-state index < -0.39 is 12.7 Å². The Morgan fingerprint density at radius 3 is 2.36 bits per heavy atom. The van der Waals surface area contributed by atoms with Crippen molar-refractivity contribution in [1.29, 1.82) is 0 Å². The monoisotopic (exact) mass is 348 g/mol. The number of hydrogen-bond acceptors (Lipinski definition) is 5. The lowest BCUT2D eigenvalue weighted by Gasteiger charge is -2.30. The van der Waals surface area contributed by atoms with Crippen molar-refractivity contribution in [3.8, 4) is 0 Å². The van der Waals surface area contributed by atoms with E-state index in [-0.39, 0.29) is 12.1 Å². The molecule has 1 aliphatic rings. The van der Waals surface area contributed by atoms with Crippen LogP contribution in [0.25, 0.3) is 0 Å². The standard InChI is InChI=1S/C18H29BN2O4/c1-18(2,3)25-17(22)21-15-10-8-14(9-11-15)20-12-13-6-4-5-7-16(13)19(23)24/h4-7,14-15,20,23-24H,8-12H2,1-3H3,(H,21,22). The lowest BCUT2D eigenvalue weighted by Crippen LogP contribution is -2.44. The first kappa shape index (κ1) is 19.8. The summed E-state index contributed by atoms with van der Waals surface area (Å²) < 4.78 is 5.30. The highest BCUT2D eigenvalue weighted by Crippen LogP contribution is 2.19. The van der Waals surface area contributed by atoms with E-state index in [2.05, 4.69) is 10.6 Å². The van der Waals surface area contributed by atoms with E-state index in [1.165, 1.54) is 0 Å². The largest absolute Gasteiger partial charge is 0.488 e. The minimum Gasteiger partial charge on any atom is -0.444 e. The predicted octanol–water partition coefficient (Wildman–Crippen LogP) is 1.29. The molecule has 7 heteroatoms. The Morgan fingerprint density at radius 1 is 1.16 bits per heavy atom. The Hall–Kier alpha value is -1.57. The highest BCUT2D eigenvalue weighted by atomic mass is 16.6. The molecule has 1 saturated carbocycles. The van der Waals surface area contributed by atoms with Gasteiger partial charge in [-0.05, 0) is 57.5 Å². The van der Waals surface area contributed by atoms with Gasteiger partial charge in [-0.25, -0.2) is 4.79 Å². The Labute approximate surface area is 150 Å². The molecule has 0 atom stereocenters. The summed E-state index contributed by atoms with van der Waals surface area (Å²) in [5.41, 5.74) is 0.954. The number of nitrogens with one attached hydrogen (secondary N) is 2. The highest BCUT2D eigenvalue weighted by molar-refractivity contribution is 6.59. The van der Waals surface area contributed by atoms with Gasteiger partial charge in [-0.2, -0.15) is 0 Å². The summed E-state index contributed by atoms with van der Waals surface area (Å²) in [5.74, 6) is 0. The lowest BCUT2D eigenvalue weighted by atomic mass is 9.77. The fraction of sp³-hybridized carbons (Fsp3) is 0.611. The van der Waals surface area contributed by atoms with Gasteiger partial charge in [0, 0.05) is 18.6 Å². The van der Waals surface area contributed by atoms with E-state index in [0.29, 0.717) is 18.0 Å². The molecule has 1 aliphatic carbocycles. The summed E-state index contributed by atoms with van der Waals surface area (Å²) in [6, 6.07) is 7.83. The zero-order valence-electron chi connectivity index (χ0n) is 15.3. The van der Waals surface area contributed by atoms with Gasteiger partial charge in [-0.1, -0.05) is 24.3 Å². The molecule has 4 N–H and O–H groups in total. The average Bonchev–Trinajstić information content (AvgIpc) is 2.52. The predicted molar refractivity (Wildman–Crippen MR) is 98.5 cm³/mol. The third kappa shape index (κ3) is 6.69. The second-order valence-corrected chi connectivity index (χ2v) is 7.65. The van der Waals surface area contributed by atoms with E-state index in [4.69, 9.17) is 4.74 Å². The maximum absolute atomic E-state index is 11.8. The molecule has 138 valence electrons. The normalized spacial score (nSPS) is 20.8. The van der Waals surface area contributed by atoms with E-state index in [1.54, 1.807) is 12.1 Å². The molecule has 0 spiro atoms. The molecule has 2 rings (SSSR count). The second kappa shape index (κ2) is 8.69. The summed E-state index contributed by atoms with van der Waals surface area (Å²) in [6.45, 7) is 6.17.